The lowest BCUT2D eigenvalue weighted by Crippen LogP contribution is -2.58. The second kappa shape index (κ2) is 5.70. The van der Waals surface area contributed by atoms with E-state index in [1.807, 2.05) is 6.07 Å². The molecule has 1 aromatic heterocycles. The Morgan fingerprint density at radius 1 is 0.875 bits per heavy atom. The van der Waals surface area contributed by atoms with Crippen molar-refractivity contribution in [1.82, 2.24) is 10.3 Å². The van der Waals surface area contributed by atoms with E-state index in [4.69, 9.17) is 0 Å². The molecule has 1 aromatic carbocycles. The Morgan fingerprint density at radius 2 is 1.54 bits per heavy atom. The molecule has 1 heterocycles. The summed E-state index contributed by atoms with van der Waals surface area (Å²) in [4.78, 5) is 4.67. The number of hydrogen-bond donors (Lipinski definition) is 1. The summed E-state index contributed by atoms with van der Waals surface area (Å²) in [6, 6.07) is 14.8. The third kappa shape index (κ3) is 2.67. The number of nitrogens with one attached hydrogen (secondary N) is 1. The highest BCUT2D eigenvalue weighted by atomic mass is 15.0. The van der Waals surface area contributed by atoms with Gasteiger partial charge in [-0.05, 0) is 67.9 Å². The smallest absolute Gasteiger partial charge is 0.0702 e. The Kier molecular flexibility index (Phi) is 3.48. The normalized spacial score (nSPS) is 33.8. The van der Waals surface area contributed by atoms with Gasteiger partial charge in [-0.2, -0.15) is 0 Å². The average molecular weight is 318 g/mol. The van der Waals surface area contributed by atoms with Crippen molar-refractivity contribution in [2.45, 2.75) is 50.6 Å². The van der Waals surface area contributed by atoms with Gasteiger partial charge in [0.15, 0.2) is 0 Å². The van der Waals surface area contributed by atoms with Crippen LogP contribution in [-0.4, -0.2) is 10.5 Å². The summed E-state index contributed by atoms with van der Waals surface area (Å²) >= 11 is 0. The molecule has 6 rings (SSSR count). The maximum atomic E-state index is 4.67. The molecule has 4 bridgehead atoms. The predicted molar refractivity (Wildman–Crippen MR) is 97.4 cm³/mol. The average Bonchev–Trinajstić information content (AvgIpc) is 2.60. The number of rotatable bonds is 4. The summed E-state index contributed by atoms with van der Waals surface area (Å²) < 4.78 is 0. The summed E-state index contributed by atoms with van der Waals surface area (Å²) in [5, 5.41) is 3.96. The zero-order valence-electron chi connectivity index (χ0n) is 14.2. The van der Waals surface area contributed by atoms with E-state index in [1.54, 1.807) is 0 Å². The van der Waals surface area contributed by atoms with Crippen LogP contribution in [0.25, 0.3) is 11.3 Å². The third-order valence-electron chi connectivity index (χ3n) is 6.60. The lowest BCUT2D eigenvalue weighted by Gasteiger charge is -2.57. The number of nitrogens with zero attached hydrogens (tertiary/aromatic N) is 1. The molecule has 4 fully saturated rings. The van der Waals surface area contributed by atoms with E-state index in [2.05, 4.69) is 52.9 Å². The molecule has 1 N–H and O–H groups in total. The van der Waals surface area contributed by atoms with Crippen LogP contribution in [0.15, 0.2) is 48.7 Å². The van der Waals surface area contributed by atoms with Crippen molar-refractivity contribution in [3.8, 4) is 11.3 Å². The van der Waals surface area contributed by atoms with Gasteiger partial charge in [0.05, 0.1) is 5.69 Å². The molecule has 4 saturated carbocycles. The number of aromatic nitrogens is 1. The minimum Gasteiger partial charge on any atom is -0.307 e. The second-order valence-electron chi connectivity index (χ2n) is 8.47. The van der Waals surface area contributed by atoms with E-state index in [0.717, 1.165) is 30.0 Å². The molecule has 0 amide bonds. The Labute approximate surface area is 144 Å². The van der Waals surface area contributed by atoms with Crippen molar-refractivity contribution in [2.75, 3.05) is 0 Å². The molecular weight excluding hydrogens is 292 g/mol. The molecule has 2 nitrogen and oxygen atoms in total. The van der Waals surface area contributed by atoms with Crippen LogP contribution in [0.5, 0.6) is 0 Å². The lowest BCUT2D eigenvalue weighted by atomic mass is 9.53. The van der Waals surface area contributed by atoms with Crippen molar-refractivity contribution in [3.63, 3.8) is 0 Å². The molecule has 4 aliphatic carbocycles. The summed E-state index contributed by atoms with van der Waals surface area (Å²) in [5.74, 6) is 3.01. The standard InChI is InChI=1S/C22H26N2/c1-2-4-20(5-3-1)21-7-6-16(14-23-21)15-24-22-11-17-8-18(12-22)10-19(9-17)13-22/h1-7,14,17-19,24H,8-13,15H2. The van der Waals surface area contributed by atoms with Crippen molar-refractivity contribution < 1.29 is 0 Å². The van der Waals surface area contributed by atoms with Gasteiger partial charge in [-0.25, -0.2) is 0 Å². The molecule has 0 spiro atoms. The molecule has 2 aromatic rings. The Hall–Kier alpha value is -1.67. The van der Waals surface area contributed by atoms with Crippen LogP contribution in [0, 0.1) is 17.8 Å². The van der Waals surface area contributed by atoms with E-state index in [9.17, 15) is 0 Å². The van der Waals surface area contributed by atoms with Gasteiger partial charge >= 0.3 is 0 Å². The van der Waals surface area contributed by atoms with Gasteiger partial charge in [0.2, 0.25) is 0 Å². The van der Waals surface area contributed by atoms with Crippen LogP contribution in [0.4, 0.5) is 0 Å². The first-order chi connectivity index (χ1) is 11.8. The van der Waals surface area contributed by atoms with E-state index < -0.39 is 0 Å². The fourth-order valence-electron chi connectivity index (χ4n) is 5.93. The van der Waals surface area contributed by atoms with Gasteiger partial charge in [0.1, 0.15) is 0 Å². The van der Waals surface area contributed by atoms with Crippen LogP contribution in [0.1, 0.15) is 44.1 Å². The van der Waals surface area contributed by atoms with Crippen LogP contribution in [0.3, 0.4) is 0 Å². The Morgan fingerprint density at radius 3 is 2.12 bits per heavy atom. The predicted octanol–water partition coefficient (Wildman–Crippen LogP) is 4.81. The van der Waals surface area contributed by atoms with Crippen molar-refractivity contribution in [3.05, 3.63) is 54.2 Å². The quantitative estimate of drug-likeness (QED) is 0.875. The fourth-order valence-corrected chi connectivity index (χ4v) is 5.93. The molecule has 124 valence electrons. The lowest BCUT2D eigenvalue weighted by molar-refractivity contribution is -0.0206. The van der Waals surface area contributed by atoms with E-state index in [1.165, 1.54) is 49.7 Å². The summed E-state index contributed by atoms with van der Waals surface area (Å²) in [5.41, 5.74) is 4.00. The monoisotopic (exact) mass is 318 g/mol. The fraction of sp³-hybridized carbons (Fsp3) is 0.500. The zero-order chi connectivity index (χ0) is 16.0. The van der Waals surface area contributed by atoms with Crippen LogP contribution in [-0.2, 0) is 6.54 Å². The first-order valence-electron chi connectivity index (χ1n) is 9.53. The van der Waals surface area contributed by atoms with E-state index >= 15 is 0 Å². The van der Waals surface area contributed by atoms with E-state index in [-0.39, 0.29) is 0 Å². The maximum Gasteiger partial charge on any atom is 0.0702 e. The van der Waals surface area contributed by atoms with Gasteiger partial charge in [0, 0.05) is 23.8 Å². The zero-order valence-corrected chi connectivity index (χ0v) is 14.2. The minimum atomic E-state index is 0.437. The van der Waals surface area contributed by atoms with Gasteiger partial charge in [-0.15, -0.1) is 0 Å². The molecule has 0 aliphatic heterocycles. The van der Waals surface area contributed by atoms with Gasteiger partial charge in [0.25, 0.3) is 0 Å². The summed E-state index contributed by atoms with van der Waals surface area (Å²) in [6.07, 6.45) is 10.8. The summed E-state index contributed by atoms with van der Waals surface area (Å²) in [7, 11) is 0. The number of pyridine rings is 1. The highest BCUT2D eigenvalue weighted by Gasteiger charge is 2.50. The van der Waals surface area contributed by atoms with Gasteiger partial charge in [-0.3, -0.25) is 4.98 Å². The second-order valence-corrected chi connectivity index (χ2v) is 8.47. The van der Waals surface area contributed by atoms with Gasteiger partial charge < -0.3 is 5.32 Å². The number of hydrogen-bond acceptors (Lipinski definition) is 2. The van der Waals surface area contributed by atoms with Crippen LogP contribution < -0.4 is 5.32 Å². The molecule has 2 heteroatoms. The van der Waals surface area contributed by atoms with Crippen LogP contribution in [0.2, 0.25) is 0 Å². The molecule has 24 heavy (non-hydrogen) atoms. The molecule has 0 saturated heterocycles. The van der Waals surface area contributed by atoms with Gasteiger partial charge in [-0.1, -0.05) is 36.4 Å². The van der Waals surface area contributed by atoms with Crippen molar-refractivity contribution in [2.24, 2.45) is 17.8 Å². The van der Waals surface area contributed by atoms with Crippen molar-refractivity contribution in [1.29, 1.82) is 0 Å². The third-order valence-corrected chi connectivity index (χ3v) is 6.60. The van der Waals surface area contributed by atoms with Crippen LogP contribution >= 0.6 is 0 Å². The maximum absolute atomic E-state index is 4.67. The first-order valence-corrected chi connectivity index (χ1v) is 9.53. The Balaban J connectivity index is 1.27. The first kappa shape index (κ1) is 14.7. The molecule has 0 atom stereocenters. The highest BCUT2D eigenvalue weighted by molar-refractivity contribution is 5.58. The molecular formula is C22H26N2. The highest BCUT2D eigenvalue weighted by Crippen LogP contribution is 2.55. The minimum absolute atomic E-state index is 0.437. The largest absolute Gasteiger partial charge is 0.307 e. The summed E-state index contributed by atoms with van der Waals surface area (Å²) in [6.45, 7) is 0.966. The van der Waals surface area contributed by atoms with E-state index in [0.29, 0.717) is 5.54 Å². The van der Waals surface area contributed by atoms with Crippen molar-refractivity contribution >= 4 is 0 Å². The number of benzene rings is 1. The molecule has 0 unspecified atom stereocenters. The topological polar surface area (TPSA) is 24.9 Å². The Bertz CT molecular complexity index is 669. The molecule has 0 radical (unpaired) electrons. The molecule has 4 aliphatic rings. The SMILES string of the molecule is c1ccc(-c2ccc(CNC34CC5CC(CC(C5)C3)C4)cn2)cc1.